The SMILES string of the molecule is C=C(F)/C(=C\C(=C)C1(I)CCSC(N)=N1)NC(=O)C1C=CC(I)=CC1. The van der Waals surface area contributed by atoms with E-state index in [1.54, 1.807) is 0 Å². The van der Waals surface area contributed by atoms with E-state index < -0.39 is 9.37 Å². The molecule has 0 radical (unpaired) electrons. The van der Waals surface area contributed by atoms with Gasteiger partial charge in [0, 0.05) is 9.33 Å². The number of aliphatic imine (C=N–C) groups is 1. The minimum Gasteiger partial charge on any atom is -0.378 e. The number of amides is 1. The maximum Gasteiger partial charge on any atom is 0.231 e. The molecule has 2 rings (SSSR count). The van der Waals surface area contributed by atoms with Crippen LogP contribution in [0.4, 0.5) is 4.39 Å². The Bertz CT molecular complexity index is 729. The molecule has 2 atom stereocenters. The molecule has 8 heteroatoms. The molecule has 1 aliphatic carbocycles. The highest BCUT2D eigenvalue weighted by atomic mass is 127. The smallest absolute Gasteiger partial charge is 0.231 e. The van der Waals surface area contributed by atoms with Crippen molar-refractivity contribution in [3.8, 4) is 0 Å². The van der Waals surface area contributed by atoms with Gasteiger partial charge in [0.2, 0.25) is 5.91 Å². The second kappa shape index (κ2) is 8.85. The predicted octanol–water partition coefficient (Wildman–Crippen LogP) is 4.50. The van der Waals surface area contributed by atoms with Gasteiger partial charge in [-0.1, -0.05) is 43.1 Å². The van der Waals surface area contributed by atoms with Gasteiger partial charge in [-0.15, -0.1) is 0 Å². The van der Waals surface area contributed by atoms with Crippen molar-refractivity contribution in [1.29, 1.82) is 0 Å². The molecule has 2 aliphatic rings. The number of allylic oxidation sites excluding steroid dienone is 4. The number of rotatable bonds is 5. The summed E-state index contributed by atoms with van der Waals surface area (Å²) in [5.41, 5.74) is 6.38. The van der Waals surface area contributed by atoms with E-state index in [2.05, 4.69) is 68.6 Å². The van der Waals surface area contributed by atoms with Crippen LogP contribution >= 0.6 is 56.9 Å². The maximum absolute atomic E-state index is 13.9. The van der Waals surface area contributed by atoms with Crippen LogP contribution in [-0.2, 0) is 4.79 Å². The quantitative estimate of drug-likeness (QED) is 0.216. The molecule has 1 amide bonds. The first-order chi connectivity index (χ1) is 11.7. The number of nitrogens with two attached hydrogens (primary N) is 1. The number of carbonyl (C=O) groups excluding carboxylic acids is 1. The van der Waals surface area contributed by atoms with Crippen molar-refractivity contribution in [2.45, 2.75) is 16.4 Å². The third-order valence-corrected chi connectivity index (χ3v) is 6.79. The Hall–Kier alpha value is -0.620. The van der Waals surface area contributed by atoms with Crippen molar-refractivity contribution in [1.82, 2.24) is 5.32 Å². The van der Waals surface area contributed by atoms with Crippen LogP contribution in [0.5, 0.6) is 0 Å². The van der Waals surface area contributed by atoms with Gasteiger partial charge in [-0.25, -0.2) is 9.38 Å². The molecule has 0 aromatic heterocycles. The number of alkyl halides is 1. The Morgan fingerprint density at radius 3 is 2.84 bits per heavy atom. The number of carbonyl (C=O) groups is 1. The monoisotopic (exact) mass is 585 g/mol. The van der Waals surface area contributed by atoms with Crippen LogP contribution in [0.3, 0.4) is 0 Å². The van der Waals surface area contributed by atoms with Crippen molar-refractivity contribution in [2.75, 3.05) is 5.75 Å². The minimum atomic E-state index is -0.721. The fourth-order valence-corrected chi connectivity index (χ4v) is 4.77. The fraction of sp³-hybridized carbons (Fsp3) is 0.294. The lowest BCUT2D eigenvalue weighted by Gasteiger charge is -2.28. The highest BCUT2D eigenvalue weighted by Crippen LogP contribution is 2.39. The van der Waals surface area contributed by atoms with E-state index in [-0.39, 0.29) is 17.5 Å². The van der Waals surface area contributed by atoms with E-state index in [1.165, 1.54) is 17.8 Å². The molecule has 1 aliphatic heterocycles. The summed E-state index contributed by atoms with van der Waals surface area (Å²) in [5.74, 6) is -0.523. The first kappa shape index (κ1) is 20.7. The highest BCUT2D eigenvalue weighted by Gasteiger charge is 2.32. The fourth-order valence-electron chi connectivity index (χ4n) is 2.27. The summed E-state index contributed by atoms with van der Waals surface area (Å²) in [7, 11) is 0. The van der Waals surface area contributed by atoms with E-state index >= 15 is 0 Å². The summed E-state index contributed by atoms with van der Waals surface area (Å²) in [4.78, 5) is 16.8. The molecule has 0 aromatic rings. The number of hydrogen-bond donors (Lipinski definition) is 2. The van der Waals surface area contributed by atoms with Crippen LogP contribution in [0.25, 0.3) is 0 Å². The summed E-state index contributed by atoms with van der Waals surface area (Å²) >= 11 is 5.83. The topological polar surface area (TPSA) is 67.5 Å². The van der Waals surface area contributed by atoms with Crippen LogP contribution in [-0.4, -0.2) is 20.4 Å². The molecule has 2 unspecified atom stereocenters. The Morgan fingerprint density at radius 1 is 1.56 bits per heavy atom. The molecule has 0 bridgehead atoms. The zero-order chi connectivity index (χ0) is 18.6. The zero-order valence-corrected chi connectivity index (χ0v) is 18.5. The zero-order valence-electron chi connectivity index (χ0n) is 13.4. The lowest BCUT2D eigenvalue weighted by atomic mass is 9.99. The van der Waals surface area contributed by atoms with Gasteiger partial charge in [0.1, 0.15) is 9.37 Å². The molecule has 0 spiro atoms. The molecule has 1 heterocycles. The molecule has 0 aromatic carbocycles. The van der Waals surface area contributed by atoms with E-state index in [4.69, 9.17) is 5.73 Å². The Kier molecular flexibility index (Phi) is 7.32. The summed E-state index contributed by atoms with van der Waals surface area (Å²) in [5, 5.41) is 3.10. The summed E-state index contributed by atoms with van der Waals surface area (Å²) < 4.78 is 14.3. The molecular formula is C17H18FI2N3OS. The predicted molar refractivity (Wildman–Crippen MR) is 120 cm³/mol. The van der Waals surface area contributed by atoms with Crippen molar-refractivity contribution in [2.24, 2.45) is 16.6 Å². The Morgan fingerprint density at radius 2 is 2.28 bits per heavy atom. The number of nitrogens with one attached hydrogen (secondary N) is 1. The second-order valence-corrected chi connectivity index (χ2v) is 9.72. The first-order valence-electron chi connectivity index (χ1n) is 7.49. The molecule has 3 N–H and O–H groups in total. The molecular weight excluding hydrogens is 567 g/mol. The average Bonchev–Trinajstić information content (AvgIpc) is 2.54. The van der Waals surface area contributed by atoms with Gasteiger partial charge in [0.25, 0.3) is 0 Å². The lowest BCUT2D eigenvalue weighted by Crippen LogP contribution is -2.32. The van der Waals surface area contributed by atoms with Gasteiger partial charge in [-0.2, -0.15) is 0 Å². The number of amidine groups is 1. The lowest BCUT2D eigenvalue weighted by molar-refractivity contribution is -0.122. The Labute approximate surface area is 178 Å². The van der Waals surface area contributed by atoms with Crippen LogP contribution < -0.4 is 11.1 Å². The largest absolute Gasteiger partial charge is 0.378 e. The van der Waals surface area contributed by atoms with Crippen molar-refractivity contribution >= 4 is 68.0 Å². The minimum absolute atomic E-state index is 0.00990. The number of halogens is 3. The van der Waals surface area contributed by atoms with Gasteiger partial charge < -0.3 is 11.1 Å². The van der Waals surface area contributed by atoms with Gasteiger partial charge in [0.15, 0.2) is 5.17 Å². The van der Waals surface area contributed by atoms with Gasteiger partial charge in [0.05, 0.1) is 11.6 Å². The van der Waals surface area contributed by atoms with Crippen LogP contribution in [0.1, 0.15) is 12.8 Å². The van der Waals surface area contributed by atoms with Gasteiger partial charge >= 0.3 is 0 Å². The Balaban J connectivity index is 2.15. The molecule has 4 nitrogen and oxygen atoms in total. The number of hydrogen-bond acceptors (Lipinski definition) is 4. The van der Waals surface area contributed by atoms with Crippen LogP contribution in [0.2, 0.25) is 0 Å². The van der Waals surface area contributed by atoms with Crippen molar-refractivity contribution in [3.63, 3.8) is 0 Å². The molecule has 0 fully saturated rings. The van der Waals surface area contributed by atoms with Gasteiger partial charge in [-0.3, -0.25) is 4.79 Å². The summed E-state index contributed by atoms with van der Waals surface area (Å²) in [6, 6.07) is 0. The summed E-state index contributed by atoms with van der Waals surface area (Å²) in [6.45, 7) is 7.31. The third kappa shape index (κ3) is 5.68. The normalized spacial score (nSPS) is 26.5. The van der Waals surface area contributed by atoms with Crippen molar-refractivity contribution in [3.05, 3.63) is 58.1 Å². The maximum atomic E-state index is 13.9. The molecule has 0 saturated heterocycles. The summed E-state index contributed by atoms with van der Waals surface area (Å²) in [6.07, 6.45) is 8.45. The molecule has 25 heavy (non-hydrogen) atoms. The van der Waals surface area contributed by atoms with Crippen molar-refractivity contribution < 1.29 is 9.18 Å². The van der Waals surface area contributed by atoms with E-state index in [0.29, 0.717) is 17.2 Å². The van der Waals surface area contributed by atoms with Crippen LogP contribution in [0.15, 0.2) is 63.1 Å². The van der Waals surface area contributed by atoms with Gasteiger partial charge in [-0.05, 0) is 69.7 Å². The molecule has 0 saturated carbocycles. The number of nitrogens with zero attached hydrogens (tertiary/aromatic N) is 1. The van der Waals surface area contributed by atoms with E-state index in [9.17, 15) is 9.18 Å². The van der Waals surface area contributed by atoms with E-state index in [0.717, 1.165) is 15.8 Å². The standard InChI is InChI=1S/C17H18FI2N3OS/c1-10(17(20)7-8-25-16(21)23-17)9-14(11(2)18)22-15(24)12-3-5-13(19)6-4-12/h3,5-6,9,12H,1-2,4,7-8H2,(H2,21,23)(H,22,24)/b14-9+. The van der Waals surface area contributed by atoms with E-state index in [1.807, 2.05) is 18.2 Å². The number of thioether (sulfide) groups is 1. The molecule has 134 valence electrons. The highest BCUT2D eigenvalue weighted by molar-refractivity contribution is 14.1. The average molecular weight is 585 g/mol. The third-order valence-electron chi connectivity index (χ3n) is 3.72. The van der Waals surface area contributed by atoms with Crippen LogP contribution in [0, 0.1) is 5.92 Å². The first-order valence-corrected chi connectivity index (χ1v) is 10.6. The second-order valence-electron chi connectivity index (χ2n) is 5.58.